The fourth-order valence-corrected chi connectivity index (χ4v) is 2.65. The van der Waals surface area contributed by atoms with Gasteiger partial charge in [0, 0.05) is 18.7 Å². The van der Waals surface area contributed by atoms with Gasteiger partial charge in [-0.15, -0.1) is 0 Å². The second kappa shape index (κ2) is 6.68. The van der Waals surface area contributed by atoms with Crippen LogP contribution >= 0.6 is 0 Å². The molecule has 3 rings (SSSR count). The predicted octanol–water partition coefficient (Wildman–Crippen LogP) is 3.54. The van der Waals surface area contributed by atoms with E-state index in [9.17, 15) is 0 Å². The fourth-order valence-electron chi connectivity index (χ4n) is 2.65. The lowest BCUT2D eigenvalue weighted by atomic mass is 10.0. The number of ether oxygens (including phenoxy) is 1. The van der Waals surface area contributed by atoms with E-state index in [4.69, 9.17) is 4.74 Å². The maximum Gasteiger partial charge on any atom is 0.0642 e. The van der Waals surface area contributed by atoms with E-state index in [0.717, 1.165) is 37.4 Å². The Labute approximate surface area is 132 Å². The van der Waals surface area contributed by atoms with Crippen molar-refractivity contribution in [3.8, 4) is 11.8 Å². The van der Waals surface area contributed by atoms with Gasteiger partial charge in [0.25, 0.3) is 0 Å². The van der Waals surface area contributed by atoms with Crippen LogP contribution in [-0.4, -0.2) is 26.3 Å². The van der Waals surface area contributed by atoms with Gasteiger partial charge in [-0.05, 0) is 37.6 Å². The molecule has 0 spiro atoms. The van der Waals surface area contributed by atoms with Crippen LogP contribution in [-0.2, 0) is 4.74 Å². The molecule has 1 aliphatic heterocycles. The van der Waals surface area contributed by atoms with Crippen molar-refractivity contribution in [1.29, 1.82) is 0 Å². The van der Waals surface area contributed by atoms with Crippen molar-refractivity contribution < 1.29 is 4.74 Å². The molecule has 22 heavy (non-hydrogen) atoms. The van der Waals surface area contributed by atoms with Gasteiger partial charge in [0.2, 0.25) is 0 Å². The molecule has 0 N–H and O–H groups in total. The molecular weight excluding hydrogens is 270 g/mol. The van der Waals surface area contributed by atoms with Crippen LogP contribution in [0.2, 0.25) is 0 Å². The first kappa shape index (κ1) is 14.7. The van der Waals surface area contributed by atoms with E-state index < -0.39 is 0 Å². The van der Waals surface area contributed by atoms with Crippen LogP contribution in [0, 0.1) is 25.7 Å². The lowest BCUT2D eigenvalue weighted by molar-refractivity contribution is 0.122. The first-order valence-electron chi connectivity index (χ1n) is 7.75. The highest BCUT2D eigenvalue weighted by atomic mass is 16.5. The zero-order valence-corrected chi connectivity index (χ0v) is 13.2. The Morgan fingerprint density at radius 1 is 0.909 bits per heavy atom. The Morgan fingerprint density at radius 3 is 2.36 bits per heavy atom. The predicted molar refractivity (Wildman–Crippen MR) is 91.4 cm³/mol. The zero-order chi connectivity index (χ0) is 15.4. The average Bonchev–Trinajstić information content (AvgIpc) is 2.56. The molecule has 0 atom stereocenters. The molecule has 0 radical (unpaired) electrons. The van der Waals surface area contributed by atoms with Crippen LogP contribution in [0.4, 0.5) is 5.69 Å². The monoisotopic (exact) mass is 291 g/mol. The van der Waals surface area contributed by atoms with E-state index in [-0.39, 0.29) is 0 Å². The second-order valence-corrected chi connectivity index (χ2v) is 5.68. The molecule has 1 saturated heterocycles. The Hall–Kier alpha value is -2.24. The number of aryl methyl sites for hydroxylation is 2. The van der Waals surface area contributed by atoms with Crippen molar-refractivity contribution in [3.63, 3.8) is 0 Å². The van der Waals surface area contributed by atoms with E-state index in [0.29, 0.717) is 0 Å². The van der Waals surface area contributed by atoms with Crippen molar-refractivity contribution in [2.75, 3.05) is 31.2 Å². The minimum atomic E-state index is 0.790. The van der Waals surface area contributed by atoms with Gasteiger partial charge < -0.3 is 9.64 Å². The largest absolute Gasteiger partial charge is 0.378 e. The third-order valence-electron chi connectivity index (χ3n) is 3.99. The number of benzene rings is 2. The fraction of sp³-hybridized carbons (Fsp3) is 0.300. The van der Waals surface area contributed by atoms with E-state index in [1.165, 1.54) is 16.8 Å². The molecule has 2 heteroatoms. The minimum absolute atomic E-state index is 0.790. The zero-order valence-electron chi connectivity index (χ0n) is 13.2. The van der Waals surface area contributed by atoms with E-state index in [2.05, 4.69) is 73.1 Å². The number of rotatable bonds is 1. The molecule has 2 aromatic rings. The van der Waals surface area contributed by atoms with Crippen LogP contribution in [0.3, 0.4) is 0 Å². The second-order valence-electron chi connectivity index (χ2n) is 5.68. The summed E-state index contributed by atoms with van der Waals surface area (Å²) in [4.78, 5) is 2.37. The maximum absolute atomic E-state index is 5.45. The molecule has 0 aromatic heterocycles. The molecule has 1 fully saturated rings. The quantitative estimate of drug-likeness (QED) is 0.745. The van der Waals surface area contributed by atoms with E-state index in [1.807, 2.05) is 0 Å². The lowest BCUT2D eigenvalue weighted by Crippen LogP contribution is -2.36. The SMILES string of the molecule is Cc1ccc(C#Cc2c(C)cccc2N2CCOCC2)cc1. The molecule has 0 amide bonds. The molecule has 0 unspecified atom stereocenters. The Bertz CT molecular complexity index is 701. The molecule has 0 aliphatic carbocycles. The van der Waals surface area contributed by atoms with Crippen LogP contribution in [0.15, 0.2) is 42.5 Å². The van der Waals surface area contributed by atoms with Gasteiger partial charge >= 0.3 is 0 Å². The Balaban J connectivity index is 1.94. The summed E-state index contributed by atoms with van der Waals surface area (Å²) in [5.74, 6) is 6.68. The van der Waals surface area contributed by atoms with Crippen molar-refractivity contribution in [2.24, 2.45) is 0 Å². The van der Waals surface area contributed by atoms with Gasteiger partial charge in [-0.3, -0.25) is 0 Å². The number of morpholine rings is 1. The molecule has 0 bridgehead atoms. The lowest BCUT2D eigenvalue weighted by Gasteiger charge is -2.30. The highest BCUT2D eigenvalue weighted by molar-refractivity contribution is 5.65. The summed E-state index contributed by atoms with van der Waals surface area (Å²) in [6.07, 6.45) is 0. The average molecular weight is 291 g/mol. The molecule has 2 aromatic carbocycles. The van der Waals surface area contributed by atoms with E-state index in [1.54, 1.807) is 0 Å². The molecule has 1 heterocycles. The highest BCUT2D eigenvalue weighted by Gasteiger charge is 2.14. The van der Waals surface area contributed by atoms with E-state index >= 15 is 0 Å². The first-order chi connectivity index (χ1) is 10.7. The summed E-state index contributed by atoms with van der Waals surface area (Å²) in [6.45, 7) is 7.67. The van der Waals surface area contributed by atoms with Crippen molar-refractivity contribution in [1.82, 2.24) is 0 Å². The Morgan fingerprint density at radius 2 is 1.64 bits per heavy atom. The molecular formula is C20H21NO. The third-order valence-corrected chi connectivity index (χ3v) is 3.99. The molecule has 0 saturated carbocycles. The van der Waals surface area contributed by atoms with Gasteiger partial charge in [-0.2, -0.15) is 0 Å². The third kappa shape index (κ3) is 3.32. The highest BCUT2D eigenvalue weighted by Crippen LogP contribution is 2.24. The smallest absolute Gasteiger partial charge is 0.0642 e. The van der Waals surface area contributed by atoms with Crippen molar-refractivity contribution >= 4 is 5.69 Å². The normalized spacial score (nSPS) is 14.4. The van der Waals surface area contributed by atoms with Crippen LogP contribution < -0.4 is 4.90 Å². The molecule has 1 aliphatic rings. The standard InChI is InChI=1S/C20H21NO/c1-16-6-8-18(9-7-16)10-11-19-17(2)4-3-5-20(19)21-12-14-22-15-13-21/h3-9H,12-15H2,1-2H3. The van der Waals surface area contributed by atoms with Crippen molar-refractivity contribution in [3.05, 3.63) is 64.7 Å². The van der Waals surface area contributed by atoms with Crippen LogP contribution in [0.25, 0.3) is 0 Å². The summed E-state index contributed by atoms with van der Waals surface area (Å²) < 4.78 is 5.45. The summed E-state index contributed by atoms with van der Waals surface area (Å²) >= 11 is 0. The van der Waals surface area contributed by atoms with Gasteiger partial charge in [-0.1, -0.05) is 41.7 Å². The number of anilines is 1. The summed E-state index contributed by atoms with van der Waals surface area (Å²) in [6, 6.07) is 14.8. The van der Waals surface area contributed by atoms with Gasteiger partial charge in [0.05, 0.1) is 24.5 Å². The number of hydrogen-bond acceptors (Lipinski definition) is 2. The molecule has 2 nitrogen and oxygen atoms in total. The van der Waals surface area contributed by atoms with Gasteiger partial charge in [0.1, 0.15) is 0 Å². The minimum Gasteiger partial charge on any atom is -0.378 e. The summed E-state index contributed by atoms with van der Waals surface area (Å²) in [5.41, 5.74) is 5.90. The summed E-state index contributed by atoms with van der Waals surface area (Å²) in [5, 5.41) is 0. The van der Waals surface area contributed by atoms with Crippen LogP contribution in [0.1, 0.15) is 22.3 Å². The summed E-state index contributed by atoms with van der Waals surface area (Å²) in [7, 11) is 0. The maximum atomic E-state index is 5.45. The molecule has 112 valence electrons. The Kier molecular flexibility index (Phi) is 4.46. The van der Waals surface area contributed by atoms with Crippen molar-refractivity contribution in [2.45, 2.75) is 13.8 Å². The van der Waals surface area contributed by atoms with Crippen LogP contribution in [0.5, 0.6) is 0 Å². The first-order valence-corrected chi connectivity index (χ1v) is 7.75. The van der Waals surface area contributed by atoms with Gasteiger partial charge in [-0.25, -0.2) is 0 Å². The van der Waals surface area contributed by atoms with Gasteiger partial charge in [0.15, 0.2) is 0 Å². The topological polar surface area (TPSA) is 12.5 Å². The number of nitrogens with zero attached hydrogens (tertiary/aromatic N) is 1. The number of hydrogen-bond donors (Lipinski definition) is 0.